The lowest BCUT2D eigenvalue weighted by molar-refractivity contribution is -0.111. The number of hydrogen-bond acceptors (Lipinski definition) is 2. The molecule has 1 amide bonds. The third-order valence-corrected chi connectivity index (χ3v) is 4.11. The first kappa shape index (κ1) is 19.4. The molecule has 0 atom stereocenters. The zero-order valence-electron chi connectivity index (χ0n) is 15.3. The molecule has 0 radical (unpaired) electrons. The van der Waals surface area contributed by atoms with E-state index >= 15 is 0 Å². The fraction of sp³-hybridized carbons (Fsp3) is 0.273. The van der Waals surface area contributed by atoms with E-state index in [1.165, 1.54) is 23.3 Å². The minimum atomic E-state index is -1.07. The van der Waals surface area contributed by atoms with E-state index in [-0.39, 0.29) is 11.5 Å². The number of para-hydroxylation sites is 1. The maximum atomic E-state index is 12.1. The topological polar surface area (TPSA) is 66.4 Å². The Morgan fingerprint density at radius 1 is 1.00 bits per heavy atom. The molecule has 2 aromatic carbocycles. The van der Waals surface area contributed by atoms with Gasteiger partial charge in [0, 0.05) is 6.08 Å². The molecule has 136 valence electrons. The summed E-state index contributed by atoms with van der Waals surface area (Å²) in [5, 5.41) is 11.8. The fourth-order valence-electron chi connectivity index (χ4n) is 2.89. The van der Waals surface area contributed by atoms with E-state index in [0.717, 1.165) is 31.2 Å². The molecular weight excluding hydrogens is 326 g/mol. The van der Waals surface area contributed by atoms with Crippen LogP contribution < -0.4 is 5.32 Å². The van der Waals surface area contributed by atoms with E-state index in [1.807, 2.05) is 6.07 Å². The average molecular weight is 351 g/mol. The molecule has 0 aliphatic carbocycles. The first-order valence-corrected chi connectivity index (χ1v) is 8.98. The van der Waals surface area contributed by atoms with Gasteiger partial charge in [-0.2, -0.15) is 0 Å². The Morgan fingerprint density at radius 3 is 2.38 bits per heavy atom. The van der Waals surface area contributed by atoms with Crippen molar-refractivity contribution in [3.05, 3.63) is 70.8 Å². The van der Waals surface area contributed by atoms with Crippen LogP contribution in [0, 0.1) is 0 Å². The van der Waals surface area contributed by atoms with Crippen LogP contribution in [-0.4, -0.2) is 17.0 Å². The van der Waals surface area contributed by atoms with Gasteiger partial charge in [0.1, 0.15) is 0 Å². The maximum Gasteiger partial charge on any atom is 0.337 e. The lowest BCUT2D eigenvalue weighted by Crippen LogP contribution is -2.11. The molecule has 2 aromatic rings. The van der Waals surface area contributed by atoms with Crippen molar-refractivity contribution in [1.82, 2.24) is 0 Å². The predicted octanol–water partition coefficient (Wildman–Crippen LogP) is 4.94. The number of carboxylic acid groups (broad SMARTS) is 1. The molecule has 0 aliphatic heterocycles. The highest BCUT2D eigenvalue weighted by atomic mass is 16.4. The van der Waals surface area contributed by atoms with Crippen molar-refractivity contribution >= 4 is 23.6 Å². The molecule has 26 heavy (non-hydrogen) atoms. The van der Waals surface area contributed by atoms with Gasteiger partial charge in [-0.25, -0.2) is 4.79 Å². The molecule has 2 rings (SSSR count). The van der Waals surface area contributed by atoms with Gasteiger partial charge in [-0.05, 0) is 47.7 Å². The molecular formula is C22H25NO3. The molecule has 0 heterocycles. The molecule has 0 saturated heterocycles. The molecule has 4 heteroatoms. The van der Waals surface area contributed by atoms with E-state index in [4.69, 9.17) is 5.11 Å². The molecule has 0 bridgehead atoms. The number of carbonyl (C=O) groups excluding carboxylic acids is 1. The quantitative estimate of drug-likeness (QED) is 0.662. The number of rotatable bonds is 8. The van der Waals surface area contributed by atoms with Crippen LogP contribution in [0.25, 0.3) is 6.08 Å². The highest BCUT2D eigenvalue weighted by Crippen LogP contribution is 2.18. The summed E-state index contributed by atoms with van der Waals surface area (Å²) >= 11 is 0. The lowest BCUT2D eigenvalue weighted by atomic mass is 9.97. The van der Waals surface area contributed by atoms with E-state index in [0.29, 0.717) is 5.69 Å². The van der Waals surface area contributed by atoms with Crippen LogP contribution in [0.4, 0.5) is 5.69 Å². The van der Waals surface area contributed by atoms with Crippen molar-refractivity contribution in [1.29, 1.82) is 0 Å². The number of aryl methyl sites for hydroxylation is 2. The van der Waals surface area contributed by atoms with Crippen molar-refractivity contribution in [3.63, 3.8) is 0 Å². The minimum Gasteiger partial charge on any atom is -0.478 e. The Bertz CT molecular complexity index is 809. The van der Waals surface area contributed by atoms with Crippen molar-refractivity contribution in [2.75, 3.05) is 5.32 Å². The van der Waals surface area contributed by atoms with Gasteiger partial charge in [-0.1, -0.05) is 57.0 Å². The van der Waals surface area contributed by atoms with Crippen molar-refractivity contribution < 1.29 is 14.7 Å². The average Bonchev–Trinajstić information content (AvgIpc) is 2.62. The van der Waals surface area contributed by atoms with Gasteiger partial charge in [0.05, 0.1) is 11.3 Å². The maximum absolute atomic E-state index is 12.1. The van der Waals surface area contributed by atoms with Crippen molar-refractivity contribution in [2.45, 2.75) is 39.5 Å². The second kappa shape index (κ2) is 9.56. The molecule has 0 aromatic heterocycles. The van der Waals surface area contributed by atoms with Crippen molar-refractivity contribution in [2.24, 2.45) is 0 Å². The van der Waals surface area contributed by atoms with Gasteiger partial charge in [-0.3, -0.25) is 4.79 Å². The number of carboxylic acids is 1. The Hall–Kier alpha value is -2.88. The molecule has 0 unspecified atom stereocenters. The largest absolute Gasteiger partial charge is 0.478 e. The monoisotopic (exact) mass is 351 g/mol. The molecule has 4 nitrogen and oxygen atoms in total. The number of carbonyl (C=O) groups is 2. The third kappa shape index (κ3) is 5.31. The van der Waals surface area contributed by atoms with Gasteiger partial charge >= 0.3 is 5.97 Å². The van der Waals surface area contributed by atoms with Crippen LogP contribution in [-0.2, 0) is 17.6 Å². The first-order chi connectivity index (χ1) is 12.5. The number of anilines is 1. The summed E-state index contributed by atoms with van der Waals surface area (Å²) in [6.45, 7) is 4.33. The van der Waals surface area contributed by atoms with Gasteiger partial charge < -0.3 is 10.4 Å². The Morgan fingerprint density at radius 2 is 1.69 bits per heavy atom. The zero-order chi connectivity index (χ0) is 18.9. The predicted molar refractivity (Wildman–Crippen MR) is 105 cm³/mol. The van der Waals surface area contributed by atoms with E-state index in [2.05, 4.69) is 31.3 Å². The molecule has 0 aliphatic rings. The summed E-state index contributed by atoms with van der Waals surface area (Å²) in [5.41, 5.74) is 4.03. The number of hydrogen-bond donors (Lipinski definition) is 2. The second-order valence-electron chi connectivity index (χ2n) is 6.20. The Kier molecular flexibility index (Phi) is 7.15. The highest BCUT2D eigenvalue weighted by Gasteiger charge is 2.10. The van der Waals surface area contributed by atoms with Crippen LogP contribution in [0.15, 0.2) is 48.5 Å². The third-order valence-electron chi connectivity index (χ3n) is 4.11. The first-order valence-electron chi connectivity index (χ1n) is 8.98. The van der Waals surface area contributed by atoms with Crippen LogP contribution in [0.2, 0.25) is 0 Å². The second-order valence-corrected chi connectivity index (χ2v) is 6.20. The van der Waals surface area contributed by atoms with Crippen LogP contribution >= 0.6 is 0 Å². The van der Waals surface area contributed by atoms with Gasteiger partial charge in [0.2, 0.25) is 5.91 Å². The lowest BCUT2D eigenvalue weighted by Gasteiger charge is -2.09. The van der Waals surface area contributed by atoms with Crippen molar-refractivity contribution in [3.8, 4) is 0 Å². The standard InChI is InChI=1S/C22H25NO3/c1-3-7-17-13-11-16(15-18(17)8-4-2)12-14-21(24)23-20-10-6-5-9-19(20)22(25)26/h5-6,9-15H,3-4,7-8H2,1-2H3,(H,23,24)(H,25,26)/b14-12+. The summed E-state index contributed by atoms with van der Waals surface area (Å²) in [6, 6.07) is 12.6. The van der Waals surface area contributed by atoms with Crippen LogP contribution in [0.5, 0.6) is 0 Å². The Balaban J connectivity index is 2.13. The number of amides is 1. The van der Waals surface area contributed by atoms with Crippen LogP contribution in [0.3, 0.4) is 0 Å². The van der Waals surface area contributed by atoms with Crippen LogP contribution in [0.1, 0.15) is 53.7 Å². The minimum absolute atomic E-state index is 0.0726. The molecule has 0 fully saturated rings. The molecule has 0 saturated carbocycles. The number of benzene rings is 2. The van der Waals surface area contributed by atoms with Gasteiger partial charge in [-0.15, -0.1) is 0 Å². The fourth-order valence-corrected chi connectivity index (χ4v) is 2.89. The van der Waals surface area contributed by atoms with Gasteiger partial charge in [0.25, 0.3) is 0 Å². The number of aromatic carboxylic acids is 1. The smallest absolute Gasteiger partial charge is 0.337 e. The normalized spacial score (nSPS) is 10.8. The summed E-state index contributed by atoms with van der Waals surface area (Å²) in [7, 11) is 0. The van der Waals surface area contributed by atoms with E-state index in [9.17, 15) is 9.59 Å². The van der Waals surface area contributed by atoms with E-state index in [1.54, 1.807) is 24.3 Å². The summed E-state index contributed by atoms with van der Waals surface area (Å²) < 4.78 is 0. The van der Waals surface area contributed by atoms with E-state index < -0.39 is 5.97 Å². The molecule has 0 spiro atoms. The zero-order valence-corrected chi connectivity index (χ0v) is 15.3. The number of nitrogens with one attached hydrogen (secondary N) is 1. The molecule has 2 N–H and O–H groups in total. The SMILES string of the molecule is CCCc1ccc(/C=C/C(=O)Nc2ccccc2C(=O)O)cc1CCC. The highest BCUT2D eigenvalue weighted by molar-refractivity contribution is 6.06. The summed E-state index contributed by atoms with van der Waals surface area (Å²) in [5.74, 6) is -1.42. The summed E-state index contributed by atoms with van der Waals surface area (Å²) in [4.78, 5) is 23.3. The van der Waals surface area contributed by atoms with Gasteiger partial charge in [0.15, 0.2) is 0 Å². The Labute approximate surface area is 154 Å². The summed E-state index contributed by atoms with van der Waals surface area (Å²) in [6.07, 6.45) is 7.46.